The second-order valence-corrected chi connectivity index (χ2v) is 10.7. The van der Waals surface area contributed by atoms with Crippen LogP contribution in [0.15, 0.2) is 23.8 Å². The molecule has 0 fully saturated rings. The summed E-state index contributed by atoms with van der Waals surface area (Å²) >= 11 is -0.972. The number of fused-ring (bicyclic) bond motifs is 1. The molecular weight excluding hydrogens is 454 g/mol. The van der Waals surface area contributed by atoms with E-state index in [0.29, 0.717) is 11.8 Å². The molecule has 0 heterocycles. The van der Waals surface area contributed by atoms with Crippen LogP contribution in [0.2, 0.25) is 0 Å². The number of hydrogen-bond acceptors (Lipinski definition) is 0. The number of rotatable bonds is 2. The van der Waals surface area contributed by atoms with Crippen LogP contribution in [0.25, 0.3) is 12.2 Å². The molecular formula is C17H21Cl2Hf. The number of hydrogen-bond donors (Lipinski definition) is 0. The number of allylic oxidation sites excluding steroid dienone is 2. The van der Waals surface area contributed by atoms with Gasteiger partial charge in [-0.25, -0.2) is 0 Å². The summed E-state index contributed by atoms with van der Waals surface area (Å²) in [6, 6.07) is 4.66. The second-order valence-electron chi connectivity index (χ2n) is 5.47. The fourth-order valence-corrected chi connectivity index (χ4v) is 2.28. The Morgan fingerprint density at radius 3 is 2.15 bits per heavy atom. The number of benzene rings is 1. The molecule has 20 heavy (non-hydrogen) atoms. The van der Waals surface area contributed by atoms with Crippen LogP contribution < -0.4 is 10.4 Å². The zero-order chi connectivity index (χ0) is 15.3. The average Bonchev–Trinajstić information content (AvgIpc) is 2.80. The van der Waals surface area contributed by atoms with Gasteiger partial charge < -0.3 is 0 Å². The summed E-state index contributed by atoms with van der Waals surface area (Å²) in [7, 11) is 9.92. The third-order valence-corrected chi connectivity index (χ3v) is 3.41. The average molecular weight is 475 g/mol. The Morgan fingerprint density at radius 1 is 1.10 bits per heavy atom. The van der Waals surface area contributed by atoms with Gasteiger partial charge in [0.15, 0.2) is 0 Å². The molecule has 0 aliphatic heterocycles. The summed E-state index contributed by atoms with van der Waals surface area (Å²) < 4.78 is 0. The van der Waals surface area contributed by atoms with Gasteiger partial charge in [-0.3, -0.25) is 0 Å². The Kier molecular flexibility index (Phi) is 7.79. The van der Waals surface area contributed by atoms with Crippen molar-refractivity contribution in [2.24, 2.45) is 0 Å². The minimum absolute atomic E-state index is 0.566. The molecule has 107 valence electrons. The van der Waals surface area contributed by atoms with Crippen molar-refractivity contribution in [2.45, 2.75) is 46.5 Å². The molecule has 1 aromatic carbocycles. The van der Waals surface area contributed by atoms with E-state index in [1.807, 2.05) is 0 Å². The van der Waals surface area contributed by atoms with Gasteiger partial charge in [0.25, 0.3) is 0 Å². The summed E-state index contributed by atoms with van der Waals surface area (Å²) in [5, 5.41) is 2.64. The SMILES string of the molecule is CC=C1[C]=c2cc(C(C)C)cc(C(C)C)c2=C1.[Cl][Hf][Cl]. The Hall–Kier alpha value is 0.150. The molecule has 1 aliphatic rings. The zero-order valence-electron chi connectivity index (χ0n) is 12.7. The summed E-state index contributed by atoms with van der Waals surface area (Å²) in [6.07, 6.45) is 7.86. The Morgan fingerprint density at radius 2 is 1.70 bits per heavy atom. The van der Waals surface area contributed by atoms with Crippen molar-refractivity contribution in [3.8, 4) is 0 Å². The second kappa shape index (κ2) is 8.56. The summed E-state index contributed by atoms with van der Waals surface area (Å²) in [5.74, 6) is 1.14. The van der Waals surface area contributed by atoms with Crippen LogP contribution in [-0.4, -0.2) is 0 Å². The van der Waals surface area contributed by atoms with Crippen molar-refractivity contribution in [1.82, 2.24) is 0 Å². The molecule has 1 aromatic rings. The van der Waals surface area contributed by atoms with E-state index in [2.05, 4.69) is 65.0 Å². The molecule has 2 rings (SSSR count). The third-order valence-electron chi connectivity index (χ3n) is 3.41. The van der Waals surface area contributed by atoms with E-state index in [0.717, 1.165) is 0 Å². The monoisotopic (exact) mass is 475 g/mol. The molecule has 0 amide bonds. The molecule has 0 spiro atoms. The van der Waals surface area contributed by atoms with Gasteiger partial charge in [0.05, 0.1) is 0 Å². The van der Waals surface area contributed by atoms with E-state index in [4.69, 9.17) is 17.2 Å². The molecule has 0 bridgehead atoms. The molecule has 3 heteroatoms. The first-order valence-corrected chi connectivity index (χ1v) is 15.8. The van der Waals surface area contributed by atoms with Gasteiger partial charge in [0.2, 0.25) is 0 Å². The van der Waals surface area contributed by atoms with Crippen molar-refractivity contribution in [2.75, 3.05) is 0 Å². The van der Waals surface area contributed by atoms with Crippen molar-refractivity contribution in [3.05, 3.63) is 45.3 Å². The van der Waals surface area contributed by atoms with Gasteiger partial charge in [0.1, 0.15) is 0 Å². The molecule has 0 aromatic heterocycles. The van der Waals surface area contributed by atoms with Gasteiger partial charge in [-0.2, -0.15) is 0 Å². The normalized spacial score (nSPS) is 14.6. The van der Waals surface area contributed by atoms with Crippen LogP contribution >= 0.6 is 17.2 Å². The molecule has 1 radical (unpaired) electrons. The summed E-state index contributed by atoms with van der Waals surface area (Å²) in [4.78, 5) is 0. The van der Waals surface area contributed by atoms with Crippen molar-refractivity contribution in [3.63, 3.8) is 0 Å². The molecule has 0 nitrogen and oxygen atoms in total. The predicted octanol–water partition coefficient (Wildman–Crippen LogP) is 4.71. The molecule has 0 saturated carbocycles. The maximum absolute atomic E-state index is 4.96. The summed E-state index contributed by atoms with van der Waals surface area (Å²) in [5.41, 5.74) is 4.09. The Labute approximate surface area is 141 Å². The fraction of sp³-hybridized carbons (Fsp3) is 0.412. The molecule has 0 N–H and O–H groups in total. The molecule has 1 aliphatic carbocycles. The standard InChI is InChI=1S/C17H21.2ClH.Hf/c1-6-13-7-15-9-14(11(2)3)10-16(12(4)5)17(15)8-13;;;/h6,8-12H,1-5H3;2*1H;/q;;;+2/p-2. The van der Waals surface area contributed by atoms with Crippen LogP contribution in [-0.2, 0) is 20.5 Å². The molecule has 0 unspecified atom stereocenters. The first kappa shape index (κ1) is 18.2. The van der Waals surface area contributed by atoms with Crippen molar-refractivity contribution in [1.29, 1.82) is 0 Å². The van der Waals surface area contributed by atoms with E-state index >= 15 is 0 Å². The predicted molar refractivity (Wildman–Crippen MR) is 87.2 cm³/mol. The van der Waals surface area contributed by atoms with E-state index in [1.165, 1.54) is 27.1 Å². The van der Waals surface area contributed by atoms with Gasteiger partial charge in [0, 0.05) is 0 Å². The van der Waals surface area contributed by atoms with Gasteiger partial charge in [-0.05, 0) is 58.0 Å². The number of halogens is 2. The van der Waals surface area contributed by atoms with E-state index in [9.17, 15) is 0 Å². The third kappa shape index (κ3) is 4.58. The first-order valence-electron chi connectivity index (χ1n) is 6.86. The van der Waals surface area contributed by atoms with Crippen molar-refractivity contribution < 1.29 is 20.5 Å². The molecule has 0 saturated heterocycles. The van der Waals surface area contributed by atoms with E-state index < -0.39 is 20.5 Å². The fourth-order valence-electron chi connectivity index (χ4n) is 2.28. The summed E-state index contributed by atoms with van der Waals surface area (Å²) in [6.45, 7) is 11.1. The van der Waals surface area contributed by atoms with Gasteiger partial charge >= 0.3 is 37.7 Å². The first-order chi connectivity index (χ1) is 9.44. The maximum atomic E-state index is 4.96. The van der Waals surface area contributed by atoms with Crippen LogP contribution in [0.1, 0.15) is 57.6 Å². The Balaban J connectivity index is 0.000000612. The van der Waals surface area contributed by atoms with E-state index in [-0.39, 0.29) is 0 Å². The van der Waals surface area contributed by atoms with Crippen LogP contribution in [0.5, 0.6) is 0 Å². The minimum atomic E-state index is -0.972. The van der Waals surface area contributed by atoms with Crippen LogP contribution in [0.4, 0.5) is 0 Å². The van der Waals surface area contributed by atoms with E-state index in [1.54, 1.807) is 0 Å². The molecule has 0 atom stereocenters. The Bertz CT molecular complexity index is 598. The topological polar surface area (TPSA) is 0 Å². The van der Waals surface area contributed by atoms with Crippen LogP contribution in [0.3, 0.4) is 0 Å². The van der Waals surface area contributed by atoms with Gasteiger partial charge in [-0.15, -0.1) is 0 Å². The van der Waals surface area contributed by atoms with Crippen molar-refractivity contribution >= 4 is 29.3 Å². The van der Waals surface area contributed by atoms with Gasteiger partial charge in [-0.1, -0.05) is 45.9 Å². The quantitative estimate of drug-likeness (QED) is 0.545. The van der Waals surface area contributed by atoms with Crippen LogP contribution in [0, 0.1) is 0 Å². The zero-order valence-corrected chi connectivity index (χ0v) is 17.8.